The number of carbonyl (C=O) groups excluding carboxylic acids is 1. The minimum Gasteiger partial charge on any atom is -0.369 e. The molecule has 3 aliphatic rings. The van der Waals surface area contributed by atoms with Crippen LogP contribution in [0.4, 0.5) is 10.1 Å². The molecule has 119 valence electrons. The molecule has 1 radical (unpaired) electrons. The SMILES string of the molecule is O=C1Cc2ccccc2N1C1CCN(C2=CC[CH]C=C2F)CC1. The van der Waals surface area contributed by atoms with E-state index in [9.17, 15) is 9.18 Å². The van der Waals surface area contributed by atoms with E-state index in [2.05, 4.69) is 4.90 Å². The molecule has 1 fully saturated rings. The fraction of sp³-hybridized carbons (Fsp3) is 0.368. The van der Waals surface area contributed by atoms with Crippen molar-refractivity contribution in [1.82, 2.24) is 4.90 Å². The maximum Gasteiger partial charge on any atom is 0.231 e. The van der Waals surface area contributed by atoms with E-state index in [0.29, 0.717) is 6.42 Å². The smallest absolute Gasteiger partial charge is 0.231 e. The number of anilines is 1. The summed E-state index contributed by atoms with van der Waals surface area (Å²) in [6, 6.07) is 8.27. The van der Waals surface area contributed by atoms with Crippen molar-refractivity contribution in [2.75, 3.05) is 18.0 Å². The molecule has 0 aromatic heterocycles. The summed E-state index contributed by atoms with van der Waals surface area (Å²) in [5.41, 5.74) is 2.91. The van der Waals surface area contributed by atoms with E-state index in [-0.39, 0.29) is 17.8 Å². The molecule has 0 unspecified atom stereocenters. The molecule has 2 aliphatic heterocycles. The van der Waals surface area contributed by atoms with Gasteiger partial charge in [0.1, 0.15) is 5.83 Å². The first-order chi connectivity index (χ1) is 11.2. The quantitative estimate of drug-likeness (QED) is 0.836. The number of rotatable bonds is 2. The Morgan fingerprint density at radius 2 is 1.91 bits per heavy atom. The van der Waals surface area contributed by atoms with Crippen molar-refractivity contribution in [2.24, 2.45) is 0 Å². The molecule has 23 heavy (non-hydrogen) atoms. The minimum absolute atomic E-state index is 0.141. The number of allylic oxidation sites excluding steroid dienone is 3. The highest BCUT2D eigenvalue weighted by Gasteiger charge is 2.35. The van der Waals surface area contributed by atoms with Gasteiger partial charge in [0.2, 0.25) is 5.91 Å². The summed E-state index contributed by atoms with van der Waals surface area (Å²) in [4.78, 5) is 16.5. The van der Waals surface area contributed by atoms with Gasteiger partial charge in [0.25, 0.3) is 0 Å². The van der Waals surface area contributed by atoms with Crippen LogP contribution in [0.1, 0.15) is 24.8 Å². The molecule has 2 heterocycles. The van der Waals surface area contributed by atoms with E-state index in [1.54, 1.807) is 6.08 Å². The number of carbonyl (C=O) groups is 1. The van der Waals surface area contributed by atoms with Gasteiger partial charge in [-0.15, -0.1) is 0 Å². The molecule has 4 heteroatoms. The Balaban J connectivity index is 1.47. The predicted molar refractivity (Wildman–Crippen MR) is 88.4 cm³/mol. The lowest BCUT2D eigenvalue weighted by Gasteiger charge is -2.39. The number of hydrogen-bond donors (Lipinski definition) is 0. The number of benzene rings is 1. The highest BCUT2D eigenvalue weighted by molar-refractivity contribution is 6.01. The second-order valence-corrected chi connectivity index (χ2v) is 6.36. The fourth-order valence-corrected chi connectivity index (χ4v) is 3.86. The zero-order valence-corrected chi connectivity index (χ0v) is 13.0. The minimum atomic E-state index is -0.141. The largest absolute Gasteiger partial charge is 0.369 e. The van der Waals surface area contributed by atoms with Gasteiger partial charge in [-0.05, 0) is 43.4 Å². The molecule has 0 saturated carbocycles. The lowest BCUT2D eigenvalue weighted by atomic mass is 10.0. The molecule has 4 rings (SSSR count). The molecular weight excluding hydrogens is 291 g/mol. The summed E-state index contributed by atoms with van der Waals surface area (Å²) in [7, 11) is 0. The van der Waals surface area contributed by atoms with Crippen molar-refractivity contribution in [3.63, 3.8) is 0 Å². The van der Waals surface area contributed by atoms with E-state index < -0.39 is 0 Å². The van der Waals surface area contributed by atoms with Crippen LogP contribution >= 0.6 is 0 Å². The highest BCUT2D eigenvalue weighted by atomic mass is 19.1. The van der Waals surface area contributed by atoms with Crippen LogP contribution in [-0.4, -0.2) is 29.9 Å². The zero-order chi connectivity index (χ0) is 15.8. The Bertz CT molecular complexity index is 686. The zero-order valence-electron chi connectivity index (χ0n) is 13.0. The number of hydrogen-bond acceptors (Lipinski definition) is 2. The van der Waals surface area contributed by atoms with Gasteiger partial charge in [-0.3, -0.25) is 4.79 Å². The van der Waals surface area contributed by atoms with E-state index in [1.807, 2.05) is 41.7 Å². The maximum atomic E-state index is 13.9. The van der Waals surface area contributed by atoms with E-state index >= 15 is 0 Å². The summed E-state index contributed by atoms with van der Waals surface area (Å²) < 4.78 is 13.9. The summed E-state index contributed by atoms with van der Waals surface area (Å²) in [5.74, 6) is 0.0551. The monoisotopic (exact) mass is 311 g/mol. The van der Waals surface area contributed by atoms with Crippen LogP contribution in [0, 0.1) is 6.42 Å². The first kappa shape index (κ1) is 14.5. The van der Waals surface area contributed by atoms with Crippen molar-refractivity contribution in [3.05, 3.63) is 59.9 Å². The molecule has 0 N–H and O–H groups in total. The number of fused-ring (bicyclic) bond motifs is 1. The Kier molecular flexibility index (Phi) is 3.68. The van der Waals surface area contributed by atoms with Gasteiger partial charge in [-0.1, -0.05) is 24.3 Å². The van der Waals surface area contributed by atoms with Gasteiger partial charge in [-0.25, -0.2) is 4.39 Å². The molecule has 1 aromatic carbocycles. The van der Waals surface area contributed by atoms with Gasteiger partial charge in [-0.2, -0.15) is 0 Å². The number of piperidine rings is 1. The Labute approximate surface area is 136 Å². The van der Waals surface area contributed by atoms with Gasteiger partial charge < -0.3 is 9.80 Å². The van der Waals surface area contributed by atoms with E-state index in [0.717, 1.165) is 49.3 Å². The van der Waals surface area contributed by atoms with Crippen LogP contribution < -0.4 is 4.90 Å². The lowest BCUT2D eigenvalue weighted by Crippen LogP contribution is -2.46. The van der Waals surface area contributed by atoms with Crippen molar-refractivity contribution in [2.45, 2.75) is 31.7 Å². The van der Waals surface area contributed by atoms with Crippen LogP contribution in [0.25, 0.3) is 0 Å². The van der Waals surface area contributed by atoms with E-state index in [4.69, 9.17) is 0 Å². The van der Waals surface area contributed by atoms with Crippen molar-refractivity contribution in [1.29, 1.82) is 0 Å². The molecule has 3 nitrogen and oxygen atoms in total. The third kappa shape index (κ3) is 2.56. The summed E-state index contributed by atoms with van der Waals surface area (Å²) in [6.07, 6.45) is 8.41. The average molecular weight is 311 g/mol. The molecule has 1 aliphatic carbocycles. The fourth-order valence-electron chi connectivity index (χ4n) is 3.86. The lowest BCUT2D eigenvalue weighted by molar-refractivity contribution is -0.118. The molecule has 0 bridgehead atoms. The third-order valence-electron chi connectivity index (χ3n) is 4.99. The average Bonchev–Trinajstić information content (AvgIpc) is 2.91. The standard InChI is InChI=1S/C19H20FN2O/c20-16-6-2-4-8-18(16)21-11-9-15(10-12-21)22-17-7-3-1-5-14(17)13-19(22)23/h1-3,5-8,15H,4,9-13H2. The van der Waals surface area contributed by atoms with Crippen molar-refractivity contribution >= 4 is 11.6 Å². The summed E-state index contributed by atoms with van der Waals surface area (Å²) >= 11 is 0. The maximum absolute atomic E-state index is 13.9. The van der Waals surface area contributed by atoms with Gasteiger partial charge in [0.15, 0.2) is 0 Å². The first-order valence-electron chi connectivity index (χ1n) is 8.28. The number of nitrogens with zero attached hydrogens (tertiary/aromatic N) is 2. The topological polar surface area (TPSA) is 23.6 Å². The molecule has 1 amide bonds. The second kappa shape index (κ2) is 5.84. The highest BCUT2D eigenvalue weighted by Crippen LogP contribution is 2.34. The number of amides is 1. The third-order valence-corrected chi connectivity index (χ3v) is 4.99. The van der Waals surface area contributed by atoms with Crippen LogP contribution in [0.3, 0.4) is 0 Å². The second-order valence-electron chi connectivity index (χ2n) is 6.36. The molecular formula is C19H20FN2O. The number of likely N-dealkylation sites (tertiary alicyclic amines) is 1. The summed E-state index contributed by atoms with van der Waals surface area (Å²) in [5, 5.41) is 0. The van der Waals surface area contributed by atoms with Crippen LogP contribution in [-0.2, 0) is 11.2 Å². The van der Waals surface area contributed by atoms with Gasteiger partial charge in [0.05, 0.1) is 12.1 Å². The Hall–Kier alpha value is -2.10. The van der Waals surface area contributed by atoms with Crippen molar-refractivity contribution in [3.8, 4) is 0 Å². The Morgan fingerprint density at radius 1 is 1.13 bits per heavy atom. The molecule has 0 spiro atoms. The molecule has 1 saturated heterocycles. The Morgan fingerprint density at radius 3 is 2.70 bits per heavy atom. The number of halogens is 1. The number of para-hydroxylation sites is 1. The van der Waals surface area contributed by atoms with Crippen LogP contribution in [0.15, 0.2) is 47.9 Å². The molecule has 1 aromatic rings. The normalized spacial score (nSPS) is 22.0. The van der Waals surface area contributed by atoms with E-state index in [1.165, 1.54) is 0 Å². The molecule has 0 atom stereocenters. The first-order valence-corrected chi connectivity index (χ1v) is 8.28. The van der Waals surface area contributed by atoms with Crippen LogP contribution in [0.2, 0.25) is 0 Å². The summed E-state index contributed by atoms with van der Waals surface area (Å²) in [6.45, 7) is 1.59. The van der Waals surface area contributed by atoms with Crippen molar-refractivity contribution < 1.29 is 9.18 Å². The predicted octanol–water partition coefficient (Wildman–Crippen LogP) is 3.39. The van der Waals surface area contributed by atoms with Gasteiger partial charge in [0, 0.05) is 24.8 Å². The van der Waals surface area contributed by atoms with Crippen LogP contribution in [0.5, 0.6) is 0 Å². The van der Waals surface area contributed by atoms with Gasteiger partial charge >= 0.3 is 0 Å².